The van der Waals surface area contributed by atoms with Crippen LogP contribution in [-0.2, 0) is 25.4 Å². The third-order valence-corrected chi connectivity index (χ3v) is 4.81. The maximum atomic E-state index is 11.5. The van der Waals surface area contributed by atoms with E-state index in [4.69, 9.17) is 14.2 Å². The van der Waals surface area contributed by atoms with Crippen LogP contribution in [0.25, 0.3) is 0 Å². The zero-order chi connectivity index (χ0) is 23.4. The molecule has 1 aliphatic heterocycles. The summed E-state index contributed by atoms with van der Waals surface area (Å²) in [5, 5.41) is 22.9. The number of carboxylic acid groups (broad SMARTS) is 1. The van der Waals surface area contributed by atoms with E-state index in [9.17, 15) is 19.8 Å². The lowest BCUT2D eigenvalue weighted by molar-refractivity contribution is -0.436. The lowest BCUT2D eigenvalue weighted by Crippen LogP contribution is -2.65. The van der Waals surface area contributed by atoms with Gasteiger partial charge in [-0.25, -0.2) is 4.79 Å². The van der Waals surface area contributed by atoms with Gasteiger partial charge in [0.1, 0.15) is 23.9 Å². The molecule has 9 nitrogen and oxygen atoms in total. The molecule has 2 fully saturated rings. The van der Waals surface area contributed by atoms with E-state index in [1.54, 1.807) is 45.0 Å². The number of rotatable bonds is 4. The van der Waals surface area contributed by atoms with E-state index in [0.29, 0.717) is 6.42 Å². The van der Waals surface area contributed by atoms with Crippen LogP contribution in [0, 0.1) is 0 Å². The van der Waals surface area contributed by atoms with E-state index in [-0.39, 0.29) is 24.7 Å². The number of amides is 1. The third-order valence-electron chi connectivity index (χ3n) is 4.81. The molecule has 0 bridgehead atoms. The zero-order valence-electron chi connectivity index (χ0n) is 18.8. The summed E-state index contributed by atoms with van der Waals surface area (Å²) in [7, 11) is 0. The van der Waals surface area contributed by atoms with Crippen LogP contribution >= 0.6 is 0 Å². The van der Waals surface area contributed by atoms with Crippen molar-refractivity contribution in [1.29, 1.82) is 0 Å². The monoisotopic (exact) mass is 438 g/mol. The van der Waals surface area contributed by atoms with Gasteiger partial charge in [-0.3, -0.25) is 0 Å². The Balaban J connectivity index is 0.000000242. The predicted octanol–water partition coefficient (Wildman–Crippen LogP) is -0.246. The second-order valence-electron chi connectivity index (χ2n) is 9.34. The molecule has 1 saturated heterocycles. The molecule has 1 heterocycles. The van der Waals surface area contributed by atoms with Gasteiger partial charge >= 0.3 is 6.09 Å². The lowest BCUT2D eigenvalue weighted by Gasteiger charge is -2.24. The van der Waals surface area contributed by atoms with Crippen molar-refractivity contribution in [2.45, 2.75) is 89.2 Å². The van der Waals surface area contributed by atoms with Gasteiger partial charge in [0, 0.05) is 6.42 Å². The minimum atomic E-state index is -1.34. The van der Waals surface area contributed by atoms with Gasteiger partial charge in [-0.1, -0.05) is 30.3 Å². The summed E-state index contributed by atoms with van der Waals surface area (Å²) < 4.78 is 16.2. The Kier molecular flexibility index (Phi) is 8.04. The second kappa shape index (κ2) is 9.95. The van der Waals surface area contributed by atoms with Crippen LogP contribution in [0.15, 0.2) is 30.3 Å². The van der Waals surface area contributed by atoms with Crippen LogP contribution in [0.3, 0.4) is 0 Å². The van der Waals surface area contributed by atoms with Gasteiger partial charge in [-0.05, 0) is 46.6 Å². The molecule has 0 radical (unpaired) electrons. The normalized spacial score (nSPS) is 27.5. The number of aliphatic hydroxyl groups is 1. The number of ether oxygens (including phenoxy) is 3. The van der Waals surface area contributed by atoms with Crippen molar-refractivity contribution in [1.82, 2.24) is 5.32 Å². The smallest absolute Gasteiger partial charge is 0.408 e. The molecule has 3 rings (SSSR count). The van der Waals surface area contributed by atoms with Crippen LogP contribution in [0.4, 0.5) is 4.79 Å². The maximum Gasteiger partial charge on any atom is 0.408 e. The summed E-state index contributed by atoms with van der Waals surface area (Å²) in [4.78, 5) is 22.6. The van der Waals surface area contributed by atoms with Crippen LogP contribution < -0.4 is 16.2 Å². The Bertz CT molecular complexity index is 730. The number of hydrogen-bond donors (Lipinski definition) is 3. The first-order valence-corrected chi connectivity index (χ1v) is 10.4. The highest BCUT2D eigenvalue weighted by atomic mass is 16.8. The summed E-state index contributed by atoms with van der Waals surface area (Å²) in [5.74, 6) is -1.89. The predicted molar refractivity (Wildman–Crippen MR) is 109 cm³/mol. The molecule has 1 aromatic rings. The molecule has 5 atom stereocenters. The van der Waals surface area contributed by atoms with Gasteiger partial charge < -0.3 is 40.3 Å². The van der Waals surface area contributed by atoms with Gasteiger partial charge in [0.15, 0.2) is 5.79 Å². The van der Waals surface area contributed by atoms with Gasteiger partial charge in [-0.15, -0.1) is 0 Å². The van der Waals surface area contributed by atoms with Crippen molar-refractivity contribution in [2.75, 3.05) is 0 Å². The quantitative estimate of drug-likeness (QED) is 0.588. The van der Waals surface area contributed by atoms with Crippen molar-refractivity contribution in [3.63, 3.8) is 0 Å². The number of quaternary nitrogens is 1. The molecule has 0 spiro atoms. The number of fused-ring (bicyclic) bond motifs is 1. The number of benzene rings is 1. The largest absolute Gasteiger partial charge is 0.548 e. The number of alkyl carbamates (subject to hydrolysis) is 1. The fraction of sp³-hybridized carbons (Fsp3) is 0.636. The number of carbonyl (C=O) groups is 2. The standard InChI is InChI=1S/C14H19NO4.C8H15NO3/c1-14(2,3)19-13(18)15-11(12(16)17)9-10-7-5-4-6-8-10;1-8(2)11-6-4(9)3-5(10)7(6)12-8/h4-8,11H,9H2,1-3H3,(H,15,18)(H,16,17);4-7,10H,3,9H2,1-2H3/t11-;4-,5+,6?,7-/m01/s1. The van der Waals surface area contributed by atoms with Crippen molar-refractivity contribution in [2.24, 2.45) is 0 Å². The zero-order valence-corrected chi connectivity index (χ0v) is 18.8. The Morgan fingerprint density at radius 1 is 1.26 bits per heavy atom. The first kappa shape index (κ1) is 25.1. The molecule has 1 amide bonds. The number of aliphatic carboxylic acids is 1. The van der Waals surface area contributed by atoms with Gasteiger partial charge in [0.2, 0.25) is 0 Å². The second-order valence-corrected chi connectivity index (χ2v) is 9.34. The molecule has 2 aliphatic rings. The molecule has 1 aliphatic carbocycles. The van der Waals surface area contributed by atoms with E-state index in [1.807, 2.05) is 19.9 Å². The number of hydrogen-bond acceptors (Lipinski definition) is 7. The Hall–Kier alpha value is -2.20. The van der Waals surface area contributed by atoms with Crippen LogP contribution in [0.5, 0.6) is 0 Å². The molecule has 5 N–H and O–H groups in total. The molecule has 9 heteroatoms. The fourth-order valence-electron chi connectivity index (χ4n) is 3.55. The molecule has 0 aromatic heterocycles. The summed E-state index contributed by atoms with van der Waals surface area (Å²) in [5.41, 5.74) is 4.06. The van der Waals surface area contributed by atoms with E-state index in [2.05, 4.69) is 11.1 Å². The van der Waals surface area contributed by atoms with E-state index in [1.165, 1.54) is 0 Å². The van der Waals surface area contributed by atoms with Crippen LogP contribution in [-0.4, -0.2) is 59.0 Å². The Morgan fingerprint density at radius 2 is 1.84 bits per heavy atom. The van der Waals surface area contributed by atoms with Crippen molar-refractivity contribution in [3.05, 3.63) is 35.9 Å². The number of carbonyl (C=O) groups excluding carboxylic acids is 2. The molecule has 1 unspecified atom stereocenters. The SMILES string of the molecule is CC(C)(C)OC(=O)N[C@@H](Cc1ccccc1)C(=O)[O-].CC1(C)OC2[C@H]([NH3+])C[C@H](O)[C@H]2O1. The summed E-state index contributed by atoms with van der Waals surface area (Å²) >= 11 is 0. The van der Waals surface area contributed by atoms with E-state index >= 15 is 0 Å². The minimum absolute atomic E-state index is 0.0185. The van der Waals surface area contributed by atoms with Crippen LogP contribution in [0.1, 0.15) is 46.6 Å². The lowest BCUT2D eigenvalue weighted by atomic mass is 10.1. The fourth-order valence-corrected chi connectivity index (χ4v) is 3.55. The van der Waals surface area contributed by atoms with Crippen molar-refractivity contribution < 1.29 is 39.7 Å². The summed E-state index contributed by atoms with van der Waals surface area (Å²) in [6, 6.07) is 8.05. The highest BCUT2D eigenvalue weighted by molar-refractivity contribution is 5.79. The Morgan fingerprint density at radius 3 is 2.35 bits per heavy atom. The van der Waals surface area contributed by atoms with E-state index < -0.39 is 35.6 Å². The Labute approximate surface area is 182 Å². The number of aliphatic hydroxyl groups excluding tert-OH is 1. The van der Waals surface area contributed by atoms with Crippen molar-refractivity contribution >= 4 is 12.1 Å². The topological polar surface area (TPSA) is 145 Å². The molecular weight excluding hydrogens is 404 g/mol. The molecule has 31 heavy (non-hydrogen) atoms. The first-order valence-electron chi connectivity index (χ1n) is 10.4. The van der Waals surface area contributed by atoms with Crippen LogP contribution in [0.2, 0.25) is 0 Å². The summed E-state index contributed by atoms with van der Waals surface area (Å²) in [6.45, 7) is 8.85. The first-order chi connectivity index (χ1) is 14.3. The van der Waals surface area contributed by atoms with Crippen molar-refractivity contribution in [3.8, 4) is 0 Å². The van der Waals surface area contributed by atoms with Gasteiger partial charge in [0.25, 0.3) is 0 Å². The minimum Gasteiger partial charge on any atom is -0.548 e. The number of carboxylic acids is 1. The molecule has 1 saturated carbocycles. The van der Waals surface area contributed by atoms with E-state index in [0.717, 1.165) is 5.56 Å². The highest BCUT2D eigenvalue weighted by Crippen LogP contribution is 2.36. The molecular formula is C22H34N2O7. The van der Waals surface area contributed by atoms with Gasteiger partial charge in [0.05, 0.1) is 18.1 Å². The average Bonchev–Trinajstić information content (AvgIpc) is 3.08. The average molecular weight is 439 g/mol. The maximum absolute atomic E-state index is 11.5. The highest BCUT2D eigenvalue weighted by Gasteiger charge is 2.54. The molecule has 174 valence electrons. The van der Waals surface area contributed by atoms with Gasteiger partial charge in [-0.2, -0.15) is 0 Å². The summed E-state index contributed by atoms with van der Waals surface area (Å²) in [6.07, 6.45) is -0.511. The number of nitrogens with one attached hydrogen (secondary N) is 1. The third kappa shape index (κ3) is 7.77. The molecule has 1 aromatic carbocycles.